The molecule has 0 aromatic heterocycles. The van der Waals surface area contributed by atoms with Gasteiger partial charge in [-0.15, -0.1) is 0 Å². The van der Waals surface area contributed by atoms with Crippen LogP contribution in [0.25, 0.3) is 0 Å². The van der Waals surface area contributed by atoms with Crippen LogP contribution >= 0.6 is 0 Å². The van der Waals surface area contributed by atoms with Crippen molar-refractivity contribution in [2.24, 2.45) is 5.14 Å². The molecular formula is C16H27N3O3S. The van der Waals surface area contributed by atoms with Gasteiger partial charge in [0.05, 0.1) is 4.90 Å². The molecular weight excluding hydrogens is 314 g/mol. The van der Waals surface area contributed by atoms with E-state index >= 15 is 0 Å². The molecule has 0 heterocycles. The molecule has 3 N–H and O–H groups in total. The predicted molar refractivity (Wildman–Crippen MR) is 91.8 cm³/mol. The summed E-state index contributed by atoms with van der Waals surface area (Å²) >= 11 is 0. The first-order chi connectivity index (χ1) is 10.9. The van der Waals surface area contributed by atoms with Gasteiger partial charge in [0.25, 0.3) is 5.91 Å². The van der Waals surface area contributed by atoms with Crippen LogP contribution in [0.1, 0.15) is 43.5 Å². The quantitative estimate of drug-likeness (QED) is 0.632. The Labute approximate surface area is 139 Å². The lowest BCUT2D eigenvalue weighted by molar-refractivity contribution is 0.0951. The zero-order valence-electron chi connectivity index (χ0n) is 13.9. The molecule has 23 heavy (non-hydrogen) atoms. The summed E-state index contributed by atoms with van der Waals surface area (Å²) in [6.07, 6.45) is 3.15. The van der Waals surface area contributed by atoms with E-state index < -0.39 is 10.0 Å². The fraction of sp³-hybridized carbons (Fsp3) is 0.562. The average Bonchev–Trinajstić information content (AvgIpc) is 2.51. The van der Waals surface area contributed by atoms with Crippen molar-refractivity contribution in [3.8, 4) is 0 Å². The number of carbonyl (C=O) groups excluding carboxylic acids is 1. The van der Waals surface area contributed by atoms with Gasteiger partial charge in [-0.3, -0.25) is 4.79 Å². The predicted octanol–water partition coefficient (Wildman–Crippen LogP) is 1.58. The van der Waals surface area contributed by atoms with Crippen LogP contribution in [0.5, 0.6) is 0 Å². The van der Waals surface area contributed by atoms with Gasteiger partial charge in [-0.1, -0.05) is 13.8 Å². The van der Waals surface area contributed by atoms with E-state index in [-0.39, 0.29) is 10.8 Å². The number of sulfonamides is 1. The Morgan fingerprint density at radius 1 is 1.09 bits per heavy atom. The van der Waals surface area contributed by atoms with Crippen molar-refractivity contribution in [1.82, 2.24) is 10.2 Å². The molecule has 0 aliphatic rings. The third kappa shape index (κ3) is 7.11. The topological polar surface area (TPSA) is 92.5 Å². The molecule has 0 fully saturated rings. The minimum atomic E-state index is -3.72. The number of primary sulfonamides is 1. The average molecular weight is 341 g/mol. The SMILES string of the molecule is CCCN(CCC)CCCNC(=O)c1ccc(S(N)(=O)=O)cc1. The van der Waals surface area contributed by atoms with E-state index in [1.807, 2.05) is 0 Å². The second-order valence-electron chi connectivity index (χ2n) is 5.52. The van der Waals surface area contributed by atoms with E-state index in [0.29, 0.717) is 12.1 Å². The number of benzene rings is 1. The van der Waals surface area contributed by atoms with Crippen molar-refractivity contribution in [2.45, 2.75) is 38.0 Å². The minimum absolute atomic E-state index is 0.00354. The fourth-order valence-corrected chi connectivity index (χ4v) is 2.89. The Hall–Kier alpha value is -1.44. The van der Waals surface area contributed by atoms with E-state index in [0.717, 1.165) is 38.9 Å². The van der Waals surface area contributed by atoms with E-state index in [1.54, 1.807) is 0 Å². The Kier molecular flexibility index (Phi) is 8.22. The van der Waals surface area contributed by atoms with Crippen LogP contribution in [-0.2, 0) is 10.0 Å². The van der Waals surface area contributed by atoms with E-state index in [2.05, 4.69) is 24.1 Å². The van der Waals surface area contributed by atoms with E-state index in [9.17, 15) is 13.2 Å². The van der Waals surface area contributed by atoms with Crippen LogP contribution in [0, 0.1) is 0 Å². The van der Waals surface area contributed by atoms with Crippen LogP contribution in [0.3, 0.4) is 0 Å². The molecule has 0 radical (unpaired) electrons. The highest BCUT2D eigenvalue weighted by molar-refractivity contribution is 7.89. The third-order valence-electron chi connectivity index (χ3n) is 3.46. The first kappa shape index (κ1) is 19.6. The lowest BCUT2D eigenvalue weighted by Gasteiger charge is -2.20. The number of carbonyl (C=O) groups is 1. The highest BCUT2D eigenvalue weighted by atomic mass is 32.2. The summed E-state index contributed by atoms with van der Waals surface area (Å²) in [6.45, 7) is 8.05. The number of hydrogen-bond acceptors (Lipinski definition) is 4. The zero-order valence-corrected chi connectivity index (χ0v) is 14.7. The maximum absolute atomic E-state index is 12.0. The second kappa shape index (κ2) is 9.64. The van der Waals surface area contributed by atoms with Crippen molar-refractivity contribution in [2.75, 3.05) is 26.2 Å². The smallest absolute Gasteiger partial charge is 0.251 e. The molecule has 0 bridgehead atoms. The number of nitrogens with one attached hydrogen (secondary N) is 1. The molecule has 0 saturated carbocycles. The van der Waals surface area contributed by atoms with Crippen molar-refractivity contribution in [3.63, 3.8) is 0 Å². The summed E-state index contributed by atoms with van der Waals surface area (Å²) in [5.41, 5.74) is 0.427. The number of nitrogens with two attached hydrogens (primary N) is 1. The number of rotatable bonds is 10. The lowest BCUT2D eigenvalue weighted by Crippen LogP contribution is -2.31. The number of nitrogens with zero attached hydrogens (tertiary/aromatic N) is 1. The van der Waals surface area contributed by atoms with Crippen molar-refractivity contribution >= 4 is 15.9 Å². The van der Waals surface area contributed by atoms with Crippen molar-refractivity contribution < 1.29 is 13.2 Å². The monoisotopic (exact) mass is 341 g/mol. The Bertz CT molecular complexity index is 579. The highest BCUT2D eigenvalue weighted by Gasteiger charge is 2.10. The first-order valence-corrected chi connectivity index (χ1v) is 9.56. The molecule has 6 nitrogen and oxygen atoms in total. The van der Waals surface area contributed by atoms with Gasteiger partial charge in [0.2, 0.25) is 10.0 Å². The molecule has 0 spiro atoms. The van der Waals surface area contributed by atoms with Crippen molar-refractivity contribution in [3.05, 3.63) is 29.8 Å². The molecule has 1 rings (SSSR count). The molecule has 0 aliphatic carbocycles. The molecule has 7 heteroatoms. The van der Waals surface area contributed by atoms with E-state index in [4.69, 9.17) is 5.14 Å². The Balaban J connectivity index is 2.42. The third-order valence-corrected chi connectivity index (χ3v) is 4.39. The molecule has 0 unspecified atom stereocenters. The maximum atomic E-state index is 12.0. The fourth-order valence-electron chi connectivity index (χ4n) is 2.37. The summed E-state index contributed by atoms with van der Waals surface area (Å²) < 4.78 is 22.3. The molecule has 0 saturated heterocycles. The Morgan fingerprint density at radius 2 is 1.65 bits per heavy atom. The lowest BCUT2D eigenvalue weighted by atomic mass is 10.2. The van der Waals surface area contributed by atoms with Crippen LogP contribution in [0.2, 0.25) is 0 Å². The molecule has 1 amide bonds. The first-order valence-electron chi connectivity index (χ1n) is 8.02. The van der Waals surface area contributed by atoms with E-state index in [1.165, 1.54) is 24.3 Å². The highest BCUT2D eigenvalue weighted by Crippen LogP contribution is 2.08. The van der Waals surface area contributed by atoms with Crippen LogP contribution in [0.4, 0.5) is 0 Å². The summed E-state index contributed by atoms with van der Waals surface area (Å²) in [4.78, 5) is 14.4. The molecule has 0 aliphatic heterocycles. The molecule has 1 aromatic rings. The zero-order chi connectivity index (χ0) is 17.3. The number of amides is 1. The van der Waals surface area contributed by atoms with Gasteiger partial charge in [0.15, 0.2) is 0 Å². The minimum Gasteiger partial charge on any atom is -0.352 e. The summed E-state index contributed by atoms with van der Waals surface area (Å²) in [7, 11) is -3.72. The van der Waals surface area contributed by atoms with Crippen molar-refractivity contribution in [1.29, 1.82) is 0 Å². The van der Waals surface area contributed by atoms with Gasteiger partial charge in [-0.25, -0.2) is 13.6 Å². The summed E-state index contributed by atoms with van der Waals surface area (Å²) in [5, 5.41) is 7.88. The molecule has 1 aromatic carbocycles. The summed E-state index contributed by atoms with van der Waals surface area (Å²) in [6, 6.07) is 5.62. The molecule has 130 valence electrons. The van der Waals surface area contributed by atoms with Gasteiger partial charge < -0.3 is 10.2 Å². The van der Waals surface area contributed by atoms with Gasteiger partial charge in [-0.05, 0) is 63.2 Å². The van der Waals surface area contributed by atoms with Crippen LogP contribution in [0.15, 0.2) is 29.2 Å². The second-order valence-corrected chi connectivity index (χ2v) is 7.08. The normalized spacial score (nSPS) is 11.7. The summed E-state index contributed by atoms with van der Waals surface area (Å²) in [5.74, 6) is -0.205. The Morgan fingerprint density at radius 3 is 2.13 bits per heavy atom. The van der Waals surface area contributed by atoms with Gasteiger partial charge in [0.1, 0.15) is 0 Å². The standard InChI is InChI=1S/C16H27N3O3S/c1-3-11-19(12-4-2)13-5-10-18-16(20)14-6-8-15(9-7-14)23(17,21)22/h6-9H,3-5,10-13H2,1-2H3,(H,18,20)(H2,17,21,22). The maximum Gasteiger partial charge on any atom is 0.251 e. The largest absolute Gasteiger partial charge is 0.352 e. The van der Waals surface area contributed by atoms with Crippen LogP contribution in [-0.4, -0.2) is 45.4 Å². The van der Waals surface area contributed by atoms with Crippen LogP contribution < -0.4 is 10.5 Å². The van der Waals surface area contributed by atoms with Gasteiger partial charge in [0, 0.05) is 12.1 Å². The van der Waals surface area contributed by atoms with Gasteiger partial charge in [-0.2, -0.15) is 0 Å². The number of hydrogen-bond donors (Lipinski definition) is 2. The van der Waals surface area contributed by atoms with Gasteiger partial charge >= 0.3 is 0 Å². The molecule has 0 atom stereocenters.